The number of hydrogen-bond donors (Lipinski definition) is 0. The minimum Gasteiger partial charge on any atom is -0.273 e. The first kappa shape index (κ1) is 17.7. The number of para-hydroxylation sites is 1. The number of amides is 1. The number of rotatable bonds is 3. The lowest BCUT2D eigenvalue weighted by Gasteiger charge is -2.19. The highest BCUT2D eigenvalue weighted by atomic mass is 79.9. The van der Waals surface area contributed by atoms with Crippen LogP contribution >= 0.6 is 15.9 Å². The van der Waals surface area contributed by atoms with Crippen molar-refractivity contribution in [2.75, 3.05) is 0 Å². The zero-order valence-electron chi connectivity index (χ0n) is 15.1. The van der Waals surface area contributed by atoms with Gasteiger partial charge in [0.1, 0.15) is 0 Å². The van der Waals surface area contributed by atoms with Crippen LogP contribution in [0.3, 0.4) is 0 Å². The van der Waals surface area contributed by atoms with Crippen molar-refractivity contribution in [1.82, 2.24) is 14.8 Å². The molecule has 0 radical (unpaired) electrons. The van der Waals surface area contributed by atoms with Gasteiger partial charge in [-0.25, -0.2) is 9.69 Å². The summed E-state index contributed by atoms with van der Waals surface area (Å²) in [6, 6.07) is 17.8. The Labute approximate surface area is 166 Å². The number of halogens is 1. The van der Waals surface area contributed by atoms with E-state index in [1.54, 1.807) is 11.9 Å². The van der Waals surface area contributed by atoms with Crippen molar-refractivity contribution in [2.45, 2.75) is 26.3 Å². The number of aromatic nitrogens is 2. The molecule has 136 valence electrons. The summed E-state index contributed by atoms with van der Waals surface area (Å²) in [4.78, 5) is 12.2. The normalized spacial score (nSPS) is 16.5. The summed E-state index contributed by atoms with van der Waals surface area (Å²) < 4.78 is 2.88. The SMILES string of the molecule is CC(=O)N1N=C(c2ccc(Br)cc2)CC1c1cn(-c2ccccc2)nc1C. The summed E-state index contributed by atoms with van der Waals surface area (Å²) in [6.07, 6.45) is 2.67. The highest BCUT2D eigenvalue weighted by Gasteiger charge is 2.33. The van der Waals surface area contributed by atoms with Crippen molar-refractivity contribution < 1.29 is 4.79 Å². The van der Waals surface area contributed by atoms with Crippen LogP contribution in [0.1, 0.15) is 36.2 Å². The van der Waals surface area contributed by atoms with E-state index in [-0.39, 0.29) is 11.9 Å². The molecule has 5 nitrogen and oxygen atoms in total. The molecule has 1 aliphatic rings. The van der Waals surface area contributed by atoms with Crippen LogP contribution < -0.4 is 0 Å². The fourth-order valence-corrected chi connectivity index (χ4v) is 3.64. The van der Waals surface area contributed by atoms with Crippen LogP contribution in [0.5, 0.6) is 0 Å². The summed E-state index contributed by atoms with van der Waals surface area (Å²) in [7, 11) is 0. The monoisotopic (exact) mass is 422 g/mol. The Balaban J connectivity index is 1.68. The number of nitrogens with zero attached hydrogens (tertiary/aromatic N) is 4. The fourth-order valence-electron chi connectivity index (χ4n) is 3.37. The quantitative estimate of drug-likeness (QED) is 0.616. The molecule has 0 N–H and O–H groups in total. The van der Waals surface area contributed by atoms with Crippen molar-refractivity contribution in [2.24, 2.45) is 5.10 Å². The van der Waals surface area contributed by atoms with Crippen LogP contribution in [-0.2, 0) is 4.79 Å². The molecule has 4 rings (SSSR count). The second-order valence-corrected chi connectivity index (χ2v) is 7.50. The lowest BCUT2D eigenvalue weighted by molar-refractivity contribution is -0.130. The third-order valence-electron chi connectivity index (χ3n) is 4.73. The van der Waals surface area contributed by atoms with E-state index < -0.39 is 0 Å². The summed E-state index contributed by atoms with van der Waals surface area (Å²) in [5.41, 5.74) is 4.86. The second kappa shape index (κ2) is 7.12. The largest absolute Gasteiger partial charge is 0.273 e. The van der Waals surface area contributed by atoms with Crippen LogP contribution in [0.25, 0.3) is 5.69 Å². The van der Waals surface area contributed by atoms with Crippen LogP contribution in [0.15, 0.2) is 70.4 Å². The molecule has 1 aromatic heterocycles. The van der Waals surface area contributed by atoms with Crippen molar-refractivity contribution in [3.8, 4) is 5.69 Å². The molecule has 0 aliphatic carbocycles. The number of hydrogen-bond acceptors (Lipinski definition) is 3. The number of carbonyl (C=O) groups is 1. The average Bonchev–Trinajstić information content (AvgIpc) is 3.27. The number of carbonyl (C=O) groups excluding carboxylic acids is 1. The third kappa shape index (κ3) is 3.45. The van der Waals surface area contributed by atoms with Gasteiger partial charge in [-0.3, -0.25) is 4.79 Å². The number of hydrazone groups is 1. The molecule has 1 aliphatic heterocycles. The third-order valence-corrected chi connectivity index (χ3v) is 5.26. The molecule has 0 spiro atoms. The lowest BCUT2D eigenvalue weighted by Crippen LogP contribution is -2.24. The van der Waals surface area contributed by atoms with Gasteiger partial charge in [0.2, 0.25) is 5.91 Å². The first-order valence-electron chi connectivity index (χ1n) is 8.78. The molecular formula is C21H19BrN4O. The molecule has 1 amide bonds. The van der Waals surface area contributed by atoms with Gasteiger partial charge in [-0.15, -0.1) is 0 Å². The van der Waals surface area contributed by atoms with Gasteiger partial charge in [-0.1, -0.05) is 46.3 Å². The zero-order chi connectivity index (χ0) is 19.0. The highest BCUT2D eigenvalue weighted by molar-refractivity contribution is 9.10. The molecule has 0 bridgehead atoms. The standard InChI is InChI=1S/C21H19BrN4O/c1-14-19(13-25(23-14)18-6-4-3-5-7-18)21-12-20(24-26(21)15(2)27)16-8-10-17(22)11-9-16/h3-11,13,21H,12H2,1-2H3. The molecule has 3 aromatic rings. The van der Waals surface area contributed by atoms with E-state index in [1.165, 1.54) is 0 Å². The Morgan fingerprint density at radius 1 is 1.11 bits per heavy atom. The Bertz CT molecular complexity index is 1010. The van der Waals surface area contributed by atoms with E-state index in [0.717, 1.165) is 32.7 Å². The molecule has 1 unspecified atom stereocenters. The maximum Gasteiger partial charge on any atom is 0.240 e. The summed E-state index contributed by atoms with van der Waals surface area (Å²) >= 11 is 3.46. The Kier molecular flexibility index (Phi) is 4.66. The van der Waals surface area contributed by atoms with Crippen LogP contribution in [0.4, 0.5) is 0 Å². The highest BCUT2D eigenvalue weighted by Crippen LogP contribution is 2.34. The van der Waals surface area contributed by atoms with E-state index in [4.69, 9.17) is 0 Å². The maximum atomic E-state index is 12.2. The minimum absolute atomic E-state index is 0.0704. The van der Waals surface area contributed by atoms with Crippen LogP contribution in [0.2, 0.25) is 0 Å². The Morgan fingerprint density at radius 3 is 2.48 bits per heavy atom. The molecule has 0 saturated heterocycles. The fraction of sp³-hybridized carbons (Fsp3) is 0.190. The van der Waals surface area contributed by atoms with Gasteiger partial charge in [0, 0.05) is 29.6 Å². The summed E-state index contributed by atoms with van der Waals surface area (Å²) in [5, 5.41) is 10.8. The first-order chi connectivity index (χ1) is 13.0. The van der Waals surface area contributed by atoms with E-state index in [1.807, 2.05) is 72.4 Å². The van der Waals surface area contributed by atoms with Gasteiger partial charge >= 0.3 is 0 Å². The number of benzene rings is 2. The molecule has 2 heterocycles. The smallest absolute Gasteiger partial charge is 0.240 e. The van der Waals surface area contributed by atoms with Crippen molar-refractivity contribution >= 4 is 27.5 Å². The van der Waals surface area contributed by atoms with Crippen molar-refractivity contribution in [3.63, 3.8) is 0 Å². The van der Waals surface area contributed by atoms with Gasteiger partial charge in [0.15, 0.2) is 0 Å². The minimum atomic E-state index is -0.140. The molecule has 0 fully saturated rings. The summed E-state index contributed by atoms with van der Waals surface area (Å²) in [6.45, 7) is 3.53. The maximum absolute atomic E-state index is 12.2. The predicted molar refractivity (Wildman–Crippen MR) is 109 cm³/mol. The van der Waals surface area contributed by atoms with Gasteiger partial charge < -0.3 is 0 Å². The Hall–Kier alpha value is -2.73. The van der Waals surface area contributed by atoms with Gasteiger partial charge in [-0.2, -0.15) is 10.2 Å². The lowest BCUT2D eigenvalue weighted by atomic mass is 9.99. The Morgan fingerprint density at radius 2 is 1.81 bits per heavy atom. The van der Waals surface area contributed by atoms with Gasteiger partial charge in [0.25, 0.3) is 0 Å². The van der Waals surface area contributed by atoms with E-state index in [0.29, 0.717) is 6.42 Å². The van der Waals surface area contributed by atoms with E-state index in [2.05, 4.69) is 26.1 Å². The number of aryl methyl sites for hydroxylation is 1. The van der Waals surface area contributed by atoms with Crippen molar-refractivity contribution in [1.29, 1.82) is 0 Å². The van der Waals surface area contributed by atoms with Crippen LogP contribution in [-0.4, -0.2) is 26.4 Å². The molecule has 2 aromatic carbocycles. The second-order valence-electron chi connectivity index (χ2n) is 6.59. The van der Waals surface area contributed by atoms with Gasteiger partial charge in [-0.05, 0) is 36.8 Å². The average molecular weight is 423 g/mol. The summed E-state index contributed by atoms with van der Waals surface area (Å²) in [5.74, 6) is -0.0704. The van der Waals surface area contributed by atoms with E-state index >= 15 is 0 Å². The van der Waals surface area contributed by atoms with Crippen molar-refractivity contribution in [3.05, 3.63) is 82.1 Å². The first-order valence-corrected chi connectivity index (χ1v) is 9.57. The molecule has 1 atom stereocenters. The topological polar surface area (TPSA) is 50.5 Å². The molecule has 6 heteroatoms. The van der Waals surface area contributed by atoms with Gasteiger partial charge in [0.05, 0.1) is 23.1 Å². The molecular weight excluding hydrogens is 404 g/mol. The molecule has 27 heavy (non-hydrogen) atoms. The molecule has 0 saturated carbocycles. The van der Waals surface area contributed by atoms with Crippen LogP contribution in [0, 0.1) is 6.92 Å². The van der Waals surface area contributed by atoms with E-state index in [9.17, 15) is 4.79 Å². The predicted octanol–water partition coefficient (Wildman–Crippen LogP) is 4.64. The zero-order valence-corrected chi connectivity index (χ0v) is 16.7.